The normalized spacial score (nSPS) is 15.7. The predicted molar refractivity (Wildman–Crippen MR) is 253 cm³/mol. The van der Waals surface area contributed by atoms with Crippen molar-refractivity contribution in [3.63, 3.8) is 0 Å². The molecule has 60 heavy (non-hydrogen) atoms. The molecule has 0 amide bonds. The van der Waals surface area contributed by atoms with Crippen LogP contribution in [0.4, 0.5) is 34.1 Å². The first kappa shape index (κ1) is 35.4. The molecule has 0 saturated carbocycles. The summed E-state index contributed by atoms with van der Waals surface area (Å²) >= 11 is 1.86. The van der Waals surface area contributed by atoms with Crippen LogP contribution in [0.2, 0.25) is 0 Å². The van der Waals surface area contributed by atoms with E-state index in [0.717, 1.165) is 6.42 Å². The van der Waals surface area contributed by atoms with E-state index in [1.807, 2.05) is 11.8 Å². The van der Waals surface area contributed by atoms with E-state index in [1.54, 1.807) is 0 Å². The van der Waals surface area contributed by atoms with Gasteiger partial charge in [0, 0.05) is 49.8 Å². The number of hydrogen-bond acceptors (Lipinski definition) is 3. The lowest BCUT2D eigenvalue weighted by atomic mass is 9.81. The Morgan fingerprint density at radius 1 is 0.400 bits per heavy atom. The number of benzene rings is 8. The predicted octanol–water partition coefficient (Wildman–Crippen LogP) is 15.8. The van der Waals surface area contributed by atoms with Crippen molar-refractivity contribution in [3.05, 3.63) is 214 Å². The molecule has 4 aliphatic rings. The fourth-order valence-corrected chi connectivity index (χ4v) is 11.6. The Labute approximate surface area is 357 Å². The molecule has 0 unspecified atom stereocenters. The quantitative estimate of drug-likeness (QED) is 0.164. The summed E-state index contributed by atoms with van der Waals surface area (Å²) in [5, 5.41) is 0. The highest BCUT2D eigenvalue weighted by Gasteiger charge is 2.38. The lowest BCUT2D eigenvalue weighted by molar-refractivity contribution is 0.660. The van der Waals surface area contributed by atoms with Gasteiger partial charge in [0.15, 0.2) is 0 Å². The third-order valence-corrected chi connectivity index (χ3v) is 14.8. The molecule has 0 saturated heterocycles. The summed E-state index contributed by atoms with van der Waals surface area (Å²) in [5.74, 6) is 0. The van der Waals surface area contributed by atoms with Gasteiger partial charge in [-0.2, -0.15) is 0 Å². The van der Waals surface area contributed by atoms with E-state index in [0.29, 0.717) is 0 Å². The van der Waals surface area contributed by atoms with E-state index in [1.165, 1.54) is 111 Å². The first-order chi connectivity index (χ1) is 29.2. The van der Waals surface area contributed by atoms with Crippen LogP contribution in [-0.2, 0) is 17.3 Å². The molecule has 2 nitrogen and oxygen atoms in total. The van der Waals surface area contributed by atoms with Crippen molar-refractivity contribution in [2.24, 2.45) is 0 Å². The molecule has 2 aliphatic carbocycles. The van der Waals surface area contributed by atoms with Gasteiger partial charge < -0.3 is 9.80 Å². The summed E-state index contributed by atoms with van der Waals surface area (Å²) in [4.78, 5) is 7.47. The molecule has 0 fully saturated rings. The molecule has 0 radical (unpaired) electrons. The monoisotopic (exact) mass is 788 g/mol. The van der Waals surface area contributed by atoms with E-state index in [-0.39, 0.29) is 10.8 Å². The van der Waals surface area contributed by atoms with Gasteiger partial charge >= 0.3 is 0 Å². The molecule has 3 heteroatoms. The fraction of sp³-hybridized carbons (Fsp3) is 0.123. The van der Waals surface area contributed by atoms with Crippen molar-refractivity contribution in [1.82, 2.24) is 0 Å². The fourth-order valence-electron chi connectivity index (χ4n) is 10.5. The number of nitrogens with zero attached hydrogens (tertiary/aromatic N) is 2. The second-order valence-electron chi connectivity index (χ2n) is 17.8. The molecule has 0 spiro atoms. The van der Waals surface area contributed by atoms with Crippen LogP contribution < -0.4 is 9.80 Å². The Balaban J connectivity index is 0.846. The van der Waals surface area contributed by atoms with Crippen molar-refractivity contribution >= 4 is 58.0 Å². The van der Waals surface area contributed by atoms with Gasteiger partial charge in [-0.25, -0.2) is 0 Å². The Kier molecular flexibility index (Phi) is 7.65. The van der Waals surface area contributed by atoms with Crippen molar-refractivity contribution < 1.29 is 0 Å². The SMILES string of the molecule is CC1(C)c2cc(C=Cc3ccc4c(c3)C(C)(C)c3cc(N5c6ccccc6Sc6ccccc65)ccc3-4)ccc2-c2ccc(N3c4ccccc4Cc4ccccc43)cc21. The highest BCUT2D eigenvalue weighted by Crippen LogP contribution is 2.56. The number of rotatable bonds is 4. The molecule has 288 valence electrons. The van der Waals surface area contributed by atoms with E-state index < -0.39 is 0 Å². The highest BCUT2D eigenvalue weighted by molar-refractivity contribution is 7.99. The number of fused-ring (bicyclic) bond motifs is 10. The zero-order chi connectivity index (χ0) is 40.3. The van der Waals surface area contributed by atoms with E-state index in [4.69, 9.17) is 0 Å². The molecular formula is C57H44N2S. The topological polar surface area (TPSA) is 6.48 Å². The maximum atomic E-state index is 2.46. The Morgan fingerprint density at radius 2 is 0.767 bits per heavy atom. The summed E-state index contributed by atoms with van der Waals surface area (Å²) in [6, 6.07) is 63.5. The maximum absolute atomic E-state index is 2.46. The summed E-state index contributed by atoms with van der Waals surface area (Å²) in [7, 11) is 0. The van der Waals surface area contributed by atoms with Crippen LogP contribution in [0.25, 0.3) is 34.4 Å². The molecule has 12 rings (SSSR count). The molecule has 2 aliphatic heterocycles. The average Bonchev–Trinajstić information content (AvgIpc) is 3.64. The zero-order valence-electron chi connectivity index (χ0n) is 34.3. The first-order valence-corrected chi connectivity index (χ1v) is 21.9. The Hall–Kier alpha value is -6.55. The highest BCUT2D eigenvalue weighted by atomic mass is 32.2. The Morgan fingerprint density at radius 3 is 1.23 bits per heavy atom. The molecule has 0 atom stereocenters. The van der Waals surface area contributed by atoms with Crippen LogP contribution in [0.3, 0.4) is 0 Å². The average molecular weight is 789 g/mol. The second kappa shape index (κ2) is 13.0. The van der Waals surface area contributed by atoms with E-state index in [2.05, 4.69) is 220 Å². The number of hydrogen-bond donors (Lipinski definition) is 0. The maximum Gasteiger partial charge on any atom is 0.0601 e. The smallest absolute Gasteiger partial charge is 0.0601 e. The van der Waals surface area contributed by atoms with Gasteiger partial charge in [0.2, 0.25) is 0 Å². The molecule has 0 N–H and O–H groups in total. The first-order valence-electron chi connectivity index (χ1n) is 21.1. The number of anilines is 6. The lowest BCUT2D eigenvalue weighted by Crippen LogP contribution is -2.20. The molecule has 2 heterocycles. The van der Waals surface area contributed by atoms with E-state index in [9.17, 15) is 0 Å². The third kappa shape index (κ3) is 5.22. The van der Waals surface area contributed by atoms with Crippen LogP contribution in [-0.4, -0.2) is 0 Å². The summed E-state index contributed by atoms with van der Waals surface area (Å²) < 4.78 is 0. The summed E-state index contributed by atoms with van der Waals surface area (Å²) in [5.41, 5.74) is 23.2. The zero-order valence-corrected chi connectivity index (χ0v) is 35.1. The van der Waals surface area contributed by atoms with Crippen molar-refractivity contribution in [2.45, 2.75) is 54.7 Å². The van der Waals surface area contributed by atoms with Crippen LogP contribution in [0.5, 0.6) is 0 Å². The van der Waals surface area contributed by atoms with Crippen LogP contribution in [0, 0.1) is 0 Å². The molecule has 0 bridgehead atoms. The lowest BCUT2D eigenvalue weighted by Gasteiger charge is -2.34. The minimum atomic E-state index is -0.144. The van der Waals surface area contributed by atoms with Gasteiger partial charge in [0.05, 0.1) is 11.4 Å². The summed E-state index contributed by atoms with van der Waals surface area (Å²) in [6.45, 7) is 9.55. The largest absolute Gasteiger partial charge is 0.310 e. The molecule has 0 aromatic heterocycles. The third-order valence-electron chi connectivity index (χ3n) is 13.6. The van der Waals surface area contributed by atoms with Crippen LogP contribution >= 0.6 is 11.8 Å². The second-order valence-corrected chi connectivity index (χ2v) is 18.9. The summed E-state index contributed by atoms with van der Waals surface area (Å²) in [6.07, 6.45) is 5.55. The van der Waals surface area contributed by atoms with E-state index >= 15 is 0 Å². The number of para-hydroxylation sites is 4. The molecule has 8 aromatic rings. The van der Waals surface area contributed by atoms with Gasteiger partial charge in [-0.1, -0.05) is 161 Å². The minimum Gasteiger partial charge on any atom is -0.310 e. The van der Waals surface area contributed by atoms with Gasteiger partial charge in [-0.05, 0) is 127 Å². The van der Waals surface area contributed by atoms with Crippen molar-refractivity contribution in [3.8, 4) is 22.3 Å². The molecule has 8 aromatic carbocycles. The van der Waals surface area contributed by atoms with Gasteiger partial charge in [-0.3, -0.25) is 0 Å². The minimum absolute atomic E-state index is 0.140. The van der Waals surface area contributed by atoms with Crippen LogP contribution in [0.15, 0.2) is 180 Å². The van der Waals surface area contributed by atoms with Crippen LogP contribution in [0.1, 0.15) is 72.2 Å². The van der Waals surface area contributed by atoms with Gasteiger partial charge in [0.1, 0.15) is 0 Å². The standard InChI is InChI=1S/C57H44N2S/c1-56(2)46-31-36(23-27-42(46)44-29-25-40(34-48(44)56)58-50-15-7-5-13-38(50)33-39-14-6-8-16-51(39)58)21-22-37-24-28-43-45-30-26-41(35-49(45)57(3,4)47(43)32-37)59-52-17-9-11-19-54(52)60-55-20-12-10-18-53(55)59/h5-32,34-35H,33H2,1-4H3. The van der Waals surface area contributed by atoms with Crippen molar-refractivity contribution in [1.29, 1.82) is 0 Å². The van der Waals surface area contributed by atoms with Gasteiger partial charge in [0.25, 0.3) is 0 Å². The van der Waals surface area contributed by atoms with Gasteiger partial charge in [-0.15, -0.1) is 0 Å². The van der Waals surface area contributed by atoms with Crippen molar-refractivity contribution in [2.75, 3.05) is 9.80 Å². The molecular weight excluding hydrogens is 745 g/mol. The Bertz CT molecular complexity index is 2830.